The molecule has 6 rings (SSSR count). The van der Waals surface area contributed by atoms with Gasteiger partial charge >= 0.3 is 0 Å². The van der Waals surface area contributed by atoms with Gasteiger partial charge in [-0.15, -0.1) is 0 Å². The third-order valence-corrected chi connectivity index (χ3v) is 6.82. The quantitative estimate of drug-likeness (QED) is 0.290. The lowest BCUT2D eigenvalue weighted by Crippen LogP contribution is -2.21. The van der Waals surface area contributed by atoms with Crippen LogP contribution in [0.2, 0.25) is 0 Å². The minimum absolute atomic E-state index is 0.00502. The molecule has 0 aliphatic carbocycles. The van der Waals surface area contributed by atoms with E-state index in [1.165, 1.54) is 12.1 Å². The predicted octanol–water partition coefficient (Wildman–Crippen LogP) is 5.02. The van der Waals surface area contributed by atoms with Crippen molar-refractivity contribution in [3.63, 3.8) is 0 Å². The number of halogens is 1. The van der Waals surface area contributed by atoms with Gasteiger partial charge in [0.2, 0.25) is 10.0 Å². The van der Waals surface area contributed by atoms with Gasteiger partial charge in [0.25, 0.3) is 0 Å². The van der Waals surface area contributed by atoms with Crippen LogP contribution in [0.3, 0.4) is 0 Å². The lowest BCUT2D eigenvalue weighted by Gasteiger charge is -2.08. The normalized spacial score (nSPS) is 11.9. The number of hydrogen-bond acceptors (Lipinski definition) is 5. The summed E-state index contributed by atoms with van der Waals surface area (Å²) in [4.78, 5) is 12.0. The molecule has 0 spiro atoms. The zero-order chi connectivity index (χ0) is 25.6. The van der Waals surface area contributed by atoms with E-state index in [0.29, 0.717) is 11.1 Å². The number of H-pyrrole nitrogens is 2. The average Bonchev–Trinajstić information content (AvgIpc) is 3.51. The number of aromatic nitrogens is 5. The van der Waals surface area contributed by atoms with Gasteiger partial charge in [0.15, 0.2) is 0 Å². The lowest BCUT2D eigenvalue weighted by molar-refractivity contribution is 0.586. The molecule has 37 heavy (non-hydrogen) atoms. The fourth-order valence-corrected chi connectivity index (χ4v) is 4.89. The molecule has 0 radical (unpaired) electrons. The second-order valence-corrected chi connectivity index (χ2v) is 10.6. The van der Waals surface area contributed by atoms with Crippen molar-refractivity contribution in [3.8, 4) is 33.8 Å². The molecule has 0 unspecified atom stereocenters. The highest BCUT2D eigenvalue weighted by Crippen LogP contribution is 2.35. The van der Waals surface area contributed by atoms with Crippen molar-refractivity contribution in [1.29, 1.82) is 0 Å². The molecule has 8 nitrogen and oxygen atoms in total. The fraction of sp³-hybridized carbons (Fsp3) is 0.0741. The van der Waals surface area contributed by atoms with Crippen molar-refractivity contribution in [3.05, 3.63) is 90.6 Å². The minimum atomic E-state index is -3.40. The summed E-state index contributed by atoms with van der Waals surface area (Å²) in [5.74, 6) is -0.440. The molecule has 2 aromatic carbocycles. The number of aromatic amines is 2. The van der Waals surface area contributed by atoms with Gasteiger partial charge in [-0.3, -0.25) is 15.1 Å². The molecule has 0 aliphatic rings. The summed E-state index contributed by atoms with van der Waals surface area (Å²) < 4.78 is 39.9. The Morgan fingerprint density at radius 3 is 2.59 bits per heavy atom. The molecular formula is C27H21FN6O2S. The van der Waals surface area contributed by atoms with Crippen LogP contribution < -0.4 is 4.72 Å². The summed E-state index contributed by atoms with van der Waals surface area (Å²) in [6.45, 7) is 0.00502. The van der Waals surface area contributed by atoms with Gasteiger partial charge in [0.1, 0.15) is 11.5 Å². The Kier molecular flexibility index (Phi) is 5.54. The van der Waals surface area contributed by atoms with Gasteiger partial charge in [0, 0.05) is 40.8 Å². The van der Waals surface area contributed by atoms with Crippen LogP contribution in [0.1, 0.15) is 5.56 Å². The van der Waals surface area contributed by atoms with Gasteiger partial charge in [0.05, 0.1) is 29.4 Å². The van der Waals surface area contributed by atoms with Gasteiger partial charge in [-0.25, -0.2) is 17.5 Å². The molecule has 0 atom stereocenters. The van der Waals surface area contributed by atoms with Crippen LogP contribution in [0.5, 0.6) is 0 Å². The van der Waals surface area contributed by atoms with Gasteiger partial charge in [-0.2, -0.15) is 5.10 Å². The molecule has 0 amide bonds. The van der Waals surface area contributed by atoms with Gasteiger partial charge in [-0.1, -0.05) is 12.1 Å². The van der Waals surface area contributed by atoms with Crippen LogP contribution in [-0.4, -0.2) is 39.8 Å². The smallest absolute Gasteiger partial charge is 0.209 e. The van der Waals surface area contributed by atoms with Crippen LogP contribution >= 0.6 is 0 Å². The van der Waals surface area contributed by atoms with Crippen LogP contribution in [0.15, 0.2) is 79.3 Å². The number of fused-ring (bicyclic) bond motifs is 2. The van der Waals surface area contributed by atoms with Crippen LogP contribution in [0.4, 0.5) is 4.39 Å². The topological polar surface area (TPSA) is 116 Å². The van der Waals surface area contributed by atoms with E-state index in [9.17, 15) is 12.8 Å². The predicted molar refractivity (Wildman–Crippen MR) is 141 cm³/mol. The Morgan fingerprint density at radius 2 is 1.78 bits per heavy atom. The summed E-state index contributed by atoms with van der Waals surface area (Å²) in [5, 5.41) is 9.39. The number of hydrogen-bond donors (Lipinski definition) is 3. The van der Waals surface area contributed by atoms with Crippen LogP contribution in [-0.2, 0) is 16.6 Å². The third-order valence-electron chi connectivity index (χ3n) is 6.15. The summed E-state index contributed by atoms with van der Waals surface area (Å²) in [7, 11) is -3.40. The molecular weight excluding hydrogens is 491 g/mol. The third kappa shape index (κ3) is 4.59. The molecule has 4 aromatic heterocycles. The van der Waals surface area contributed by atoms with E-state index >= 15 is 0 Å². The van der Waals surface area contributed by atoms with E-state index in [4.69, 9.17) is 0 Å². The Bertz CT molecular complexity index is 1880. The molecule has 0 aliphatic heterocycles. The van der Waals surface area contributed by atoms with Gasteiger partial charge in [-0.05, 0) is 65.2 Å². The molecule has 4 heterocycles. The molecule has 3 N–H and O–H groups in total. The van der Waals surface area contributed by atoms with E-state index in [0.717, 1.165) is 56.3 Å². The molecule has 0 saturated heterocycles. The van der Waals surface area contributed by atoms with E-state index in [1.807, 2.05) is 42.5 Å². The Labute approximate surface area is 211 Å². The summed E-state index contributed by atoms with van der Waals surface area (Å²) >= 11 is 0. The standard InChI is InChI=1S/C27H21FN6O2S/c1-37(35,36)31-14-16-9-18(11-19(28)10-16)20-3-2-4-23-21(20)12-25(32-23)27-22-13-24(17-5-7-29-8-6-17)30-15-26(22)33-34-27/h2-13,15,31-32H,14H2,1H3,(H,33,34). The van der Waals surface area contributed by atoms with Crippen LogP contribution in [0, 0.1) is 5.82 Å². The zero-order valence-corrected chi connectivity index (χ0v) is 20.5. The molecule has 0 saturated carbocycles. The second kappa shape index (κ2) is 8.91. The van der Waals surface area contributed by atoms with E-state index in [-0.39, 0.29) is 6.54 Å². The maximum Gasteiger partial charge on any atom is 0.209 e. The van der Waals surface area contributed by atoms with Crippen LogP contribution in [0.25, 0.3) is 55.6 Å². The monoisotopic (exact) mass is 512 g/mol. The maximum absolute atomic E-state index is 14.5. The Balaban J connectivity index is 1.44. The molecule has 184 valence electrons. The van der Waals surface area contributed by atoms with E-state index in [1.54, 1.807) is 24.7 Å². The van der Waals surface area contributed by atoms with E-state index in [2.05, 4.69) is 29.9 Å². The molecule has 0 fully saturated rings. The second-order valence-electron chi connectivity index (χ2n) is 8.81. The number of benzene rings is 2. The average molecular weight is 513 g/mol. The number of rotatable bonds is 6. The van der Waals surface area contributed by atoms with Crippen molar-refractivity contribution < 1.29 is 12.8 Å². The van der Waals surface area contributed by atoms with Crippen molar-refractivity contribution >= 4 is 31.8 Å². The first-order valence-electron chi connectivity index (χ1n) is 11.5. The SMILES string of the molecule is CS(=O)(=O)NCc1cc(F)cc(-c2cccc3[nH]c(-c4n[nH]c5cnc(-c6ccncc6)cc45)cc23)c1. The summed E-state index contributed by atoms with van der Waals surface area (Å²) in [6.07, 6.45) is 6.29. The maximum atomic E-state index is 14.5. The molecule has 6 aromatic rings. The number of nitrogens with one attached hydrogen (secondary N) is 3. The molecule has 0 bridgehead atoms. The van der Waals surface area contributed by atoms with E-state index < -0.39 is 15.8 Å². The number of sulfonamides is 1. The van der Waals surface area contributed by atoms with Gasteiger partial charge < -0.3 is 4.98 Å². The highest BCUT2D eigenvalue weighted by molar-refractivity contribution is 7.88. The molecule has 10 heteroatoms. The van der Waals surface area contributed by atoms with Crippen molar-refractivity contribution in [2.45, 2.75) is 6.54 Å². The van der Waals surface area contributed by atoms with Crippen molar-refractivity contribution in [1.82, 2.24) is 29.9 Å². The zero-order valence-electron chi connectivity index (χ0n) is 19.7. The number of pyridine rings is 2. The minimum Gasteiger partial charge on any atom is -0.353 e. The lowest BCUT2D eigenvalue weighted by atomic mass is 9.99. The first kappa shape index (κ1) is 23.0. The highest BCUT2D eigenvalue weighted by Gasteiger charge is 2.15. The Hall–Kier alpha value is -4.41. The van der Waals surface area contributed by atoms with Crippen molar-refractivity contribution in [2.24, 2.45) is 0 Å². The number of nitrogens with zero attached hydrogens (tertiary/aromatic N) is 3. The van der Waals surface area contributed by atoms with Crippen molar-refractivity contribution in [2.75, 3.05) is 6.26 Å². The fourth-order valence-electron chi connectivity index (χ4n) is 4.46. The first-order valence-corrected chi connectivity index (χ1v) is 13.3. The first-order chi connectivity index (χ1) is 17.8. The largest absolute Gasteiger partial charge is 0.353 e. The summed E-state index contributed by atoms with van der Waals surface area (Å²) in [6, 6.07) is 18.1. The highest BCUT2D eigenvalue weighted by atomic mass is 32.2. The summed E-state index contributed by atoms with van der Waals surface area (Å²) in [5.41, 5.74) is 6.98. The Morgan fingerprint density at radius 1 is 0.946 bits per heavy atom.